The van der Waals surface area contributed by atoms with Crippen molar-refractivity contribution in [2.45, 2.75) is 24.0 Å². The number of carboxylic acids is 1. The Kier molecular flexibility index (Phi) is 10.4. The van der Waals surface area contributed by atoms with Crippen LogP contribution in [0.5, 0.6) is 0 Å². The second-order valence-corrected chi connectivity index (χ2v) is 13.4. The number of aryl methyl sites for hydroxylation is 1. The summed E-state index contributed by atoms with van der Waals surface area (Å²) in [5, 5.41) is 12.1. The molecule has 3 N–H and O–H groups in total. The second kappa shape index (κ2) is 15.1. The van der Waals surface area contributed by atoms with E-state index < -0.39 is 68.5 Å². The highest BCUT2D eigenvalue weighted by Gasteiger charge is 2.26. The number of carboxylic acid groups (broad SMARTS) is 1. The van der Waals surface area contributed by atoms with Crippen LogP contribution in [0.25, 0.3) is 27.7 Å². The summed E-state index contributed by atoms with van der Waals surface area (Å²) in [5.74, 6) is -5.04. The van der Waals surface area contributed by atoms with Crippen molar-refractivity contribution in [1.29, 1.82) is 0 Å². The first-order valence-corrected chi connectivity index (χ1v) is 17.2. The number of rotatable bonds is 12. The number of anilines is 1. The summed E-state index contributed by atoms with van der Waals surface area (Å²) in [6, 6.07) is 8.80. The van der Waals surface area contributed by atoms with Crippen molar-refractivity contribution in [2.75, 3.05) is 11.8 Å². The standard InChI is InChI=1S/C35H28F2N8O8S/c1-44-30-17-38-10-9-24(30)33(47)45(35(44)50)22-6-5-21(39-16-22)11-29(34(48)49)42-32(46)25-12-27(37)28(13-26(25)36)43-54(51,52)23-7-3-19(4-8-23)20-14-40-31(18-53-2)41-15-20/h3-10,12-17,29,43H,11,18H2,1-2H3,(H,42,46)(H,48,49)/t29-/m0/s1. The summed E-state index contributed by atoms with van der Waals surface area (Å²) in [6.45, 7) is 0.214. The molecule has 54 heavy (non-hydrogen) atoms. The van der Waals surface area contributed by atoms with Crippen molar-refractivity contribution >= 4 is 38.5 Å². The van der Waals surface area contributed by atoms with Crippen LogP contribution in [0.15, 0.2) is 100 Å². The number of methoxy groups -OCH3 is 1. The molecule has 0 saturated heterocycles. The number of carbonyl (C=O) groups is 2. The number of carbonyl (C=O) groups excluding carboxylic acids is 1. The molecule has 6 aromatic rings. The average molecular weight is 759 g/mol. The fourth-order valence-electron chi connectivity index (χ4n) is 5.37. The molecule has 0 spiro atoms. The molecule has 1 amide bonds. The Morgan fingerprint density at radius 2 is 1.65 bits per heavy atom. The molecule has 276 valence electrons. The van der Waals surface area contributed by atoms with Crippen LogP contribution in [0.1, 0.15) is 21.9 Å². The predicted octanol–water partition coefficient (Wildman–Crippen LogP) is 2.59. The van der Waals surface area contributed by atoms with Gasteiger partial charge in [0.25, 0.3) is 21.5 Å². The van der Waals surface area contributed by atoms with E-state index in [0.717, 1.165) is 4.57 Å². The minimum absolute atomic E-state index is 0.0867. The second-order valence-electron chi connectivity index (χ2n) is 11.7. The molecule has 0 aliphatic rings. The van der Waals surface area contributed by atoms with Crippen LogP contribution in [0.4, 0.5) is 14.5 Å². The third-order valence-corrected chi connectivity index (χ3v) is 9.56. The topological polar surface area (TPSA) is 217 Å². The van der Waals surface area contributed by atoms with Crippen molar-refractivity contribution in [1.82, 2.24) is 34.4 Å². The summed E-state index contributed by atoms with van der Waals surface area (Å²) in [5.41, 5.74) is -1.30. The van der Waals surface area contributed by atoms with Gasteiger partial charge in [0.05, 0.1) is 45.1 Å². The van der Waals surface area contributed by atoms with E-state index >= 15 is 8.78 Å². The Labute approximate surface area is 303 Å². The number of nitrogens with zero attached hydrogens (tertiary/aromatic N) is 6. The monoisotopic (exact) mass is 758 g/mol. The van der Waals surface area contributed by atoms with Gasteiger partial charge in [-0.3, -0.25) is 28.8 Å². The third kappa shape index (κ3) is 7.57. The number of fused-ring (bicyclic) bond motifs is 1. The van der Waals surface area contributed by atoms with Crippen LogP contribution in [-0.4, -0.2) is 67.6 Å². The van der Waals surface area contributed by atoms with Gasteiger partial charge in [0.1, 0.15) is 24.3 Å². The number of hydrogen-bond donors (Lipinski definition) is 3. The number of sulfonamides is 1. The maximum absolute atomic E-state index is 15.2. The highest BCUT2D eigenvalue weighted by Crippen LogP contribution is 2.25. The number of nitrogens with one attached hydrogen (secondary N) is 2. The highest BCUT2D eigenvalue weighted by atomic mass is 32.2. The average Bonchev–Trinajstić information content (AvgIpc) is 3.16. The molecule has 4 heterocycles. The smallest absolute Gasteiger partial charge is 0.335 e. The van der Waals surface area contributed by atoms with E-state index in [0.29, 0.717) is 34.6 Å². The fourth-order valence-corrected chi connectivity index (χ4v) is 6.43. The molecular formula is C35H28F2N8O8S. The van der Waals surface area contributed by atoms with Crippen LogP contribution >= 0.6 is 0 Å². The molecule has 0 fully saturated rings. The lowest BCUT2D eigenvalue weighted by Crippen LogP contribution is -2.42. The zero-order valence-corrected chi connectivity index (χ0v) is 29.0. The van der Waals surface area contributed by atoms with Gasteiger partial charge in [0, 0.05) is 56.5 Å². The van der Waals surface area contributed by atoms with E-state index in [2.05, 4.69) is 25.3 Å². The normalized spacial score (nSPS) is 12.0. The number of aromatic nitrogens is 6. The van der Waals surface area contributed by atoms with Gasteiger partial charge in [-0.25, -0.2) is 41.3 Å². The van der Waals surface area contributed by atoms with Gasteiger partial charge in [-0.1, -0.05) is 12.1 Å². The van der Waals surface area contributed by atoms with E-state index in [1.165, 1.54) is 92.2 Å². The summed E-state index contributed by atoms with van der Waals surface area (Å²) in [7, 11) is -1.46. The van der Waals surface area contributed by atoms with Crippen molar-refractivity contribution in [3.8, 4) is 16.8 Å². The Morgan fingerprint density at radius 3 is 2.30 bits per heavy atom. The van der Waals surface area contributed by atoms with E-state index in [1.807, 2.05) is 4.72 Å². The summed E-state index contributed by atoms with van der Waals surface area (Å²) >= 11 is 0. The molecule has 0 bridgehead atoms. The molecule has 4 aromatic heterocycles. The van der Waals surface area contributed by atoms with Crippen molar-refractivity contribution < 1.29 is 36.6 Å². The molecule has 0 saturated carbocycles. The molecule has 6 rings (SSSR count). The van der Waals surface area contributed by atoms with Gasteiger partial charge in [0.15, 0.2) is 5.82 Å². The molecule has 19 heteroatoms. The molecule has 0 aliphatic heterocycles. The number of amides is 1. The largest absolute Gasteiger partial charge is 0.480 e. The highest BCUT2D eigenvalue weighted by molar-refractivity contribution is 7.92. The summed E-state index contributed by atoms with van der Waals surface area (Å²) < 4.78 is 65.4. The lowest BCUT2D eigenvalue weighted by Gasteiger charge is -2.16. The van der Waals surface area contributed by atoms with Crippen LogP contribution in [0, 0.1) is 11.6 Å². The number of ether oxygens (including phenoxy) is 1. The van der Waals surface area contributed by atoms with Gasteiger partial charge >= 0.3 is 11.7 Å². The maximum Gasteiger partial charge on any atom is 0.335 e. The lowest BCUT2D eigenvalue weighted by atomic mass is 10.1. The molecule has 0 unspecified atom stereocenters. The number of aliphatic carboxylic acids is 1. The Bertz CT molecular complexity index is 2640. The molecule has 16 nitrogen and oxygen atoms in total. The Hall–Kier alpha value is -6.73. The number of halogens is 2. The quantitative estimate of drug-likeness (QED) is 0.164. The SMILES string of the molecule is COCc1ncc(-c2ccc(S(=O)(=O)Nc3cc(F)c(C(=O)N[C@@H](Cc4ccc(-n5c(=O)c6ccncc6n(C)c5=O)cn4)C(=O)O)cc3F)cc2)cn1. The Morgan fingerprint density at radius 1 is 0.926 bits per heavy atom. The molecule has 2 aromatic carbocycles. The van der Waals surface area contributed by atoms with E-state index in [-0.39, 0.29) is 28.3 Å². The third-order valence-electron chi connectivity index (χ3n) is 8.18. The number of hydrogen-bond acceptors (Lipinski definition) is 11. The van der Waals surface area contributed by atoms with E-state index in [4.69, 9.17) is 4.74 Å². The molecule has 1 atom stereocenters. The molecule has 0 aliphatic carbocycles. The first-order valence-electron chi connectivity index (χ1n) is 15.7. The van der Waals surface area contributed by atoms with Gasteiger partial charge in [-0.2, -0.15) is 0 Å². The first kappa shape index (κ1) is 37.0. The zero-order chi connectivity index (χ0) is 38.7. The van der Waals surface area contributed by atoms with Crippen molar-refractivity contribution in [3.63, 3.8) is 0 Å². The van der Waals surface area contributed by atoms with Gasteiger partial charge in [-0.15, -0.1) is 0 Å². The first-order chi connectivity index (χ1) is 25.8. The van der Waals surface area contributed by atoms with Crippen molar-refractivity contribution in [2.24, 2.45) is 7.05 Å². The van der Waals surface area contributed by atoms with Crippen LogP contribution in [-0.2, 0) is 39.6 Å². The lowest BCUT2D eigenvalue weighted by molar-refractivity contribution is -0.139. The van der Waals surface area contributed by atoms with E-state index in [9.17, 15) is 32.7 Å². The minimum atomic E-state index is -4.43. The van der Waals surface area contributed by atoms with Gasteiger partial charge in [-0.05, 0) is 42.0 Å². The predicted molar refractivity (Wildman–Crippen MR) is 188 cm³/mol. The van der Waals surface area contributed by atoms with Gasteiger partial charge in [0.2, 0.25) is 0 Å². The van der Waals surface area contributed by atoms with Crippen molar-refractivity contribution in [3.05, 3.63) is 135 Å². The van der Waals surface area contributed by atoms with Crippen LogP contribution < -0.4 is 21.3 Å². The fraction of sp³-hybridized carbons (Fsp3) is 0.143. The van der Waals surface area contributed by atoms with E-state index in [1.54, 1.807) is 0 Å². The number of pyridine rings is 2. The molecular weight excluding hydrogens is 730 g/mol. The van der Waals surface area contributed by atoms with Crippen LogP contribution in [0.2, 0.25) is 0 Å². The minimum Gasteiger partial charge on any atom is -0.480 e. The summed E-state index contributed by atoms with van der Waals surface area (Å²) in [4.78, 5) is 67.1. The Balaban J connectivity index is 1.15. The van der Waals surface area contributed by atoms with Crippen LogP contribution in [0.3, 0.4) is 0 Å². The summed E-state index contributed by atoms with van der Waals surface area (Å²) in [6.07, 6.45) is 6.60. The molecule has 0 radical (unpaired) electrons. The van der Waals surface area contributed by atoms with Gasteiger partial charge < -0.3 is 15.2 Å². The zero-order valence-electron chi connectivity index (χ0n) is 28.2. The maximum atomic E-state index is 15.2. The number of benzene rings is 2.